The molecule has 7 nitrogen and oxygen atoms in total. The Morgan fingerprint density at radius 3 is 2.90 bits per heavy atom. The Hall–Kier alpha value is -2.89. The Morgan fingerprint density at radius 1 is 1.33 bits per heavy atom. The lowest BCUT2D eigenvalue weighted by Gasteiger charge is -2.14. The normalized spacial score (nSPS) is 14.9. The van der Waals surface area contributed by atoms with Crippen molar-refractivity contribution in [3.05, 3.63) is 41.0 Å². The van der Waals surface area contributed by atoms with Crippen LogP contribution in [0.1, 0.15) is 61.6 Å². The van der Waals surface area contributed by atoms with Crippen LogP contribution >= 0.6 is 0 Å². The number of unbranched alkanes of at least 4 members (excludes halogenated alkanes) is 1. The Labute approximate surface area is 175 Å². The molecule has 0 amide bonds. The summed E-state index contributed by atoms with van der Waals surface area (Å²) in [5, 5.41) is 19.3. The van der Waals surface area contributed by atoms with Crippen molar-refractivity contribution >= 4 is 18.4 Å². The number of carbonyl (C=O) groups excluding carboxylic acids is 1. The molecule has 2 aliphatic rings. The molecule has 30 heavy (non-hydrogen) atoms. The minimum absolute atomic E-state index is 0.155. The molecular weight excluding hydrogens is 383 g/mol. The maximum absolute atomic E-state index is 11.1. The van der Waals surface area contributed by atoms with E-state index in [1.165, 1.54) is 0 Å². The predicted molar refractivity (Wildman–Crippen MR) is 110 cm³/mol. The van der Waals surface area contributed by atoms with Crippen molar-refractivity contribution in [2.24, 2.45) is 0 Å². The molecule has 0 bridgehead atoms. The van der Waals surface area contributed by atoms with E-state index in [2.05, 4.69) is 11.1 Å². The Balaban J connectivity index is 1.54. The van der Waals surface area contributed by atoms with Crippen LogP contribution < -0.4 is 14.9 Å². The standard InChI is InChI=1S/C22H23BN2O5/c1-14(26)4-2-3-9-28-21-16(12-24)11-19(15-5-6-15)22(25-21)30-18-7-8-20-17(10-18)13-29-23(20)27/h7-8,10-11,15,27H,2-6,9,13H2,1H3. The Morgan fingerprint density at radius 2 is 2.17 bits per heavy atom. The van der Waals surface area contributed by atoms with Crippen LogP contribution in [0.3, 0.4) is 0 Å². The van der Waals surface area contributed by atoms with Crippen molar-refractivity contribution in [1.82, 2.24) is 4.98 Å². The molecule has 1 fully saturated rings. The molecule has 154 valence electrons. The van der Waals surface area contributed by atoms with Crippen LogP contribution in [0.2, 0.25) is 0 Å². The molecule has 2 heterocycles. The van der Waals surface area contributed by atoms with Crippen molar-refractivity contribution in [3.8, 4) is 23.6 Å². The van der Waals surface area contributed by atoms with Crippen LogP contribution in [0.25, 0.3) is 0 Å². The maximum Gasteiger partial charge on any atom is 0.491 e. The summed E-state index contributed by atoms with van der Waals surface area (Å²) in [7, 11) is -0.896. The molecule has 0 spiro atoms. The van der Waals surface area contributed by atoms with Gasteiger partial charge in [0.2, 0.25) is 11.8 Å². The zero-order valence-corrected chi connectivity index (χ0v) is 16.9. The number of carbonyl (C=O) groups is 1. The molecule has 1 aromatic heterocycles. The Kier molecular flexibility index (Phi) is 6.02. The summed E-state index contributed by atoms with van der Waals surface area (Å²) in [4.78, 5) is 15.6. The first-order valence-corrected chi connectivity index (χ1v) is 10.2. The fourth-order valence-electron chi connectivity index (χ4n) is 3.48. The fraction of sp³-hybridized carbons (Fsp3) is 0.409. The van der Waals surface area contributed by atoms with Gasteiger partial charge in [0.25, 0.3) is 0 Å². The number of nitriles is 1. The number of hydrogen-bond acceptors (Lipinski definition) is 7. The van der Waals surface area contributed by atoms with E-state index in [1.807, 2.05) is 12.1 Å². The smallest absolute Gasteiger partial charge is 0.477 e. The molecule has 0 radical (unpaired) electrons. The summed E-state index contributed by atoms with van der Waals surface area (Å²) in [6.45, 7) is 2.28. The number of ketones is 1. The van der Waals surface area contributed by atoms with E-state index in [-0.39, 0.29) is 11.7 Å². The first-order chi connectivity index (χ1) is 14.5. The number of ether oxygens (including phenoxy) is 2. The van der Waals surface area contributed by atoms with E-state index < -0.39 is 7.12 Å². The van der Waals surface area contributed by atoms with E-state index in [0.29, 0.717) is 49.2 Å². The lowest BCUT2D eigenvalue weighted by atomic mass is 9.80. The maximum atomic E-state index is 11.1. The fourth-order valence-corrected chi connectivity index (χ4v) is 3.48. The average molecular weight is 406 g/mol. The molecule has 1 N–H and O–H groups in total. The van der Waals surface area contributed by atoms with Gasteiger partial charge in [-0.1, -0.05) is 6.07 Å². The van der Waals surface area contributed by atoms with E-state index in [1.54, 1.807) is 19.1 Å². The van der Waals surface area contributed by atoms with E-state index >= 15 is 0 Å². The van der Waals surface area contributed by atoms with Gasteiger partial charge < -0.3 is 23.9 Å². The average Bonchev–Trinajstić information content (AvgIpc) is 3.51. The molecule has 1 saturated carbocycles. The van der Waals surface area contributed by atoms with Crippen molar-refractivity contribution in [2.45, 2.75) is 51.6 Å². The van der Waals surface area contributed by atoms with E-state index in [4.69, 9.17) is 14.1 Å². The van der Waals surface area contributed by atoms with Gasteiger partial charge in [-0.25, -0.2) is 0 Å². The lowest BCUT2D eigenvalue weighted by molar-refractivity contribution is -0.117. The number of nitrogens with zero attached hydrogens (tertiary/aromatic N) is 2. The van der Waals surface area contributed by atoms with Gasteiger partial charge in [-0.3, -0.25) is 0 Å². The highest BCUT2D eigenvalue weighted by Gasteiger charge is 2.31. The lowest BCUT2D eigenvalue weighted by Crippen LogP contribution is -2.27. The second kappa shape index (κ2) is 8.86. The van der Waals surface area contributed by atoms with Gasteiger partial charge in [0, 0.05) is 12.0 Å². The van der Waals surface area contributed by atoms with Crippen molar-refractivity contribution < 1.29 is 23.9 Å². The van der Waals surface area contributed by atoms with Gasteiger partial charge in [0.05, 0.1) is 13.2 Å². The third-order valence-electron chi connectivity index (χ3n) is 5.27. The summed E-state index contributed by atoms with van der Waals surface area (Å²) in [5.74, 6) is 1.78. The van der Waals surface area contributed by atoms with Crippen LogP contribution in [0.15, 0.2) is 24.3 Å². The number of fused-ring (bicyclic) bond motifs is 1. The number of hydrogen-bond donors (Lipinski definition) is 1. The third kappa shape index (κ3) is 4.64. The van der Waals surface area contributed by atoms with E-state index in [0.717, 1.165) is 35.9 Å². The van der Waals surface area contributed by atoms with Crippen LogP contribution in [-0.2, 0) is 16.1 Å². The molecular formula is C22H23BN2O5. The van der Waals surface area contributed by atoms with Gasteiger partial charge in [-0.2, -0.15) is 10.2 Å². The second-order valence-electron chi connectivity index (χ2n) is 7.76. The van der Waals surface area contributed by atoms with Crippen molar-refractivity contribution in [3.63, 3.8) is 0 Å². The zero-order valence-electron chi connectivity index (χ0n) is 16.9. The topological polar surface area (TPSA) is 102 Å². The predicted octanol–water partition coefficient (Wildman–Crippen LogP) is 2.98. The molecule has 1 aliphatic carbocycles. The summed E-state index contributed by atoms with van der Waals surface area (Å²) < 4.78 is 17.1. The van der Waals surface area contributed by atoms with Crippen LogP contribution in [0.4, 0.5) is 0 Å². The second-order valence-corrected chi connectivity index (χ2v) is 7.76. The molecule has 4 rings (SSSR count). The van der Waals surface area contributed by atoms with Gasteiger partial charge in [0.15, 0.2) is 0 Å². The summed E-state index contributed by atoms with van der Waals surface area (Å²) >= 11 is 0. The van der Waals surface area contributed by atoms with Gasteiger partial charge >= 0.3 is 7.12 Å². The molecule has 2 aromatic rings. The van der Waals surface area contributed by atoms with Gasteiger partial charge in [0.1, 0.15) is 23.2 Å². The molecule has 8 heteroatoms. The molecule has 0 unspecified atom stereocenters. The van der Waals surface area contributed by atoms with Crippen LogP contribution in [0, 0.1) is 11.3 Å². The first kappa shape index (κ1) is 20.4. The third-order valence-corrected chi connectivity index (χ3v) is 5.27. The van der Waals surface area contributed by atoms with Crippen molar-refractivity contribution in [1.29, 1.82) is 5.26 Å². The highest BCUT2D eigenvalue weighted by molar-refractivity contribution is 6.61. The highest BCUT2D eigenvalue weighted by atomic mass is 16.5. The van der Waals surface area contributed by atoms with Crippen molar-refractivity contribution in [2.75, 3.05) is 6.61 Å². The van der Waals surface area contributed by atoms with Gasteiger partial charge in [-0.05, 0) is 67.8 Å². The molecule has 0 saturated heterocycles. The quantitative estimate of drug-likeness (QED) is 0.505. The molecule has 1 aromatic carbocycles. The largest absolute Gasteiger partial charge is 0.491 e. The number of aromatic nitrogens is 1. The number of pyridine rings is 1. The van der Waals surface area contributed by atoms with Gasteiger partial charge in [-0.15, -0.1) is 0 Å². The van der Waals surface area contributed by atoms with Crippen LogP contribution in [-0.4, -0.2) is 29.5 Å². The summed E-state index contributed by atoms with van der Waals surface area (Å²) in [6.07, 6.45) is 4.05. The highest BCUT2D eigenvalue weighted by Crippen LogP contribution is 2.46. The Bertz CT molecular complexity index is 1000. The number of benzene rings is 1. The minimum atomic E-state index is -0.896. The first-order valence-electron chi connectivity index (χ1n) is 10.2. The zero-order chi connectivity index (χ0) is 21.1. The summed E-state index contributed by atoms with van der Waals surface area (Å²) in [5.41, 5.74) is 2.92. The monoisotopic (exact) mass is 406 g/mol. The summed E-state index contributed by atoms with van der Waals surface area (Å²) in [6, 6.07) is 9.37. The minimum Gasteiger partial charge on any atom is -0.477 e. The number of rotatable bonds is 9. The molecule has 1 aliphatic heterocycles. The number of Topliss-reactive ketones (excluding diaryl/α,β-unsaturated/α-hetero) is 1. The van der Waals surface area contributed by atoms with E-state index in [9.17, 15) is 15.1 Å². The van der Waals surface area contributed by atoms with Crippen LogP contribution in [0.5, 0.6) is 17.5 Å². The molecule has 0 atom stereocenters. The SMILES string of the molecule is CC(=O)CCCCOc1nc(Oc2ccc3c(c2)COB3O)c(C2CC2)cc1C#N.